The molecule has 0 radical (unpaired) electrons. The summed E-state index contributed by atoms with van der Waals surface area (Å²) in [6.07, 6.45) is 1.30. The van der Waals surface area contributed by atoms with E-state index in [1.54, 1.807) is 0 Å². The summed E-state index contributed by atoms with van der Waals surface area (Å²) in [5.74, 6) is 0.416. The SMILES string of the molecule is CCOC(=O)C1CCN(C(=O)c2cccc(CSc3nc4cc(C)ccc4o3)c2)CC1. The molecule has 3 aromatic rings. The number of carbonyl (C=O) groups excluding carboxylic acids is 2. The maximum Gasteiger partial charge on any atom is 0.309 e. The average Bonchev–Trinajstić information content (AvgIpc) is 3.19. The molecule has 2 aromatic carbocycles. The van der Waals surface area contributed by atoms with E-state index in [1.165, 1.54) is 11.8 Å². The lowest BCUT2D eigenvalue weighted by atomic mass is 9.96. The number of rotatable bonds is 6. The third-order valence-corrected chi connectivity index (χ3v) is 6.36. The van der Waals surface area contributed by atoms with E-state index < -0.39 is 0 Å². The van der Waals surface area contributed by atoms with Crippen molar-refractivity contribution in [2.45, 2.75) is 37.7 Å². The molecule has 7 heteroatoms. The summed E-state index contributed by atoms with van der Waals surface area (Å²) < 4.78 is 10.9. The number of hydrogen-bond donors (Lipinski definition) is 0. The number of aromatic nitrogens is 1. The Bertz CT molecular complexity index is 1090. The van der Waals surface area contributed by atoms with Crippen LogP contribution in [0.5, 0.6) is 0 Å². The van der Waals surface area contributed by atoms with Gasteiger partial charge in [0.2, 0.25) is 0 Å². The Morgan fingerprint density at radius 1 is 1.19 bits per heavy atom. The Labute approximate surface area is 186 Å². The van der Waals surface area contributed by atoms with Crippen LogP contribution in [-0.4, -0.2) is 41.5 Å². The van der Waals surface area contributed by atoms with Gasteiger partial charge in [-0.15, -0.1) is 0 Å². The number of piperidine rings is 1. The van der Waals surface area contributed by atoms with Crippen molar-refractivity contribution in [2.24, 2.45) is 5.92 Å². The van der Waals surface area contributed by atoms with Crippen molar-refractivity contribution in [3.8, 4) is 0 Å². The minimum absolute atomic E-state index is 0.00601. The van der Waals surface area contributed by atoms with Crippen molar-refractivity contribution >= 4 is 34.7 Å². The number of benzene rings is 2. The van der Waals surface area contributed by atoms with Gasteiger partial charge in [-0.2, -0.15) is 0 Å². The first-order chi connectivity index (χ1) is 15.0. The molecule has 31 heavy (non-hydrogen) atoms. The second kappa shape index (κ2) is 9.56. The Hall–Kier alpha value is -2.80. The molecule has 1 aromatic heterocycles. The quantitative estimate of drug-likeness (QED) is 0.405. The molecule has 0 atom stereocenters. The summed E-state index contributed by atoms with van der Waals surface area (Å²) in [6, 6.07) is 13.6. The van der Waals surface area contributed by atoms with Crippen LogP contribution < -0.4 is 0 Å². The molecule has 0 aliphatic carbocycles. The summed E-state index contributed by atoms with van der Waals surface area (Å²) >= 11 is 1.52. The van der Waals surface area contributed by atoms with Gasteiger partial charge in [-0.3, -0.25) is 9.59 Å². The fraction of sp³-hybridized carbons (Fsp3) is 0.375. The molecule has 6 nitrogen and oxygen atoms in total. The normalized spacial score (nSPS) is 14.7. The second-order valence-electron chi connectivity index (χ2n) is 7.76. The van der Waals surface area contributed by atoms with Crippen molar-refractivity contribution in [1.29, 1.82) is 0 Å². The number of oxazole rings is 1. The summed E-state index contributed by atoms with van der Waals surface area (Å²) in [5.41, 5.74) is 4.49. The van der Waals surface area contributed by atoms with Crippen molar-refractivity contribution in [3.05, 3.63) is 59.2 Å². The third kappa shape index (κ3) is 5.10. The second-order valence-corrected chi connectivity index (χ2v) is 8.69. The molecule has 2 heterocycles. The molecule has 0 saturated carbocycles. The van der Waals surface area contributed by atoms with Crippen LogP contribution in [0.1, 0.15) is 41.3 Å². The van der Waals surface area contributed by atoms with Crippen LogP contribution in [0.15, 0.2) is 52.1 Å². The lowest BCUT2D eigenvalue weighted by molar-refractivity contribution is -0.149. The molecule has 162 valence electrons. The summed E-state index contributed by atoms with van der Waals surface area (Å²) in [4.78, 5) is 31.2. The van der Waals surface area contributed by atoms with Gasteiger partial charge in [0.1, 0.15) is 5.52 Å². The molecule has 4 rings (SSSR count). The van der Waals surface area contributed by atoms with Gasteiger partial charge in [-0.1, -0.05) is 30.0 Å². The van der Waals surface area contributed by atoms with Gasteiger partial charge >= 0.3 is 5.97 Å². The highest BCUT2D eigenvalue weighted by Gasteiger charge is 2.28. The van der Waals surface area contributed by atoms with Gasteiger partial charge in [-0.25, -0.2) is 4.98 Å². The van der Waals surface area contributed by atoms with E-state index in [9.17, 15) is 9.59 Å². The minimum Gasteiger partial charge on any atom is -0.466 e. The number of esters is 1. The van der Waals surface area contributed by atoms with E-state index in [0.29, 0.717) is 49.1 Å². The van der Waals surface area contributed by atoms with E-state index in [1.807, 2.05) is 61.2 Å². The van der Waals surface area contributed by atoms with Gasteiger partial charge in [0.05, 0.1) is 12.5 Å². The predicted molar refractivity (Wildman–Crippen MR) is 120 cm³/mol. The number of ether oxygens (including phenoxy) is 1. The molecule has 0 unspecified atom stereocenters. The van der Waals surface area contributed by atoms with Gasteiger partial charge in [0.25, 0.3) is 11.1 Å². The molecular formula is C24H26N2O4S. The third-order valence-electron chi connectivity index (χ3n) is 5.46. The highest BCUT2D eigenvalue weighted by Crippen LogP contribution is 2.27. The Balaban J connectivity index is 1.36. The predicted octanol–water partition coefficient (Wildman–Crippen LogP) is 4.84. The molecule has 1 amide bonds. The van der Waals surface area contributed by atoms with Gasteiger partial charge in [0, 0.05) is 24.4 Å². The standard InChI is InChI=1S/C24H26N2O4S/c1-3-29-23(28)18-9-11-26(12-10-18)22(27)19-6-4-5-17(14-19)15-31-24-25-20-13-16(2)7-8-21(20)30-24/h4-8,13-14,18H,3,9-12,15H2,1-2H3. The van der Waals surface area contributed by atoms with Crippen LogP contribution >= 0.6 is 11.8 Å². The molecule has 1 aliphatic rings. The van der Waals surface area contributed by atoms with Crippen molar-refractivity contribution in [3.63, 3.8) is 0 Å². The zero-order valence-corrected chi connectivity index (χ0v) is 18.6. The number of nitrogens with zero attached hydrogens (tertiary/aromatic N) is 2. The largest absolute Gasteiger partial charge is 0.466 e. The maximum absolute atomic E-state index is 12.9. The first-order valence-electron chi connectivity index (χ1n) is 10.6. The van der Waals surface area contributed by atoms with E-state index in [0.717, 1.165) is 22.2 Å². The van der Waals surface area contributed by atoms with Crippen molar-refractivity contribution in [2.75, 3.05) is 19.7 Å². The molecule has 1 aliphatic heterocycles. The Morgan fingerprint density at radius 3 is 2.77 bits per heavy atom. The first-order valence-corrected chi connectivity index (χ1v) is 11.6. The lowest BCUT2D eigenvalue weighted by Gasteiger charge is -2.31. The van der Waals surface area contributed by atoms with Crippen LogP contribution in [0.25, 0.3) is 11.1 Å². The zero-order valence-electron chi connectivity index (χ0n) is 17.8. The fourth-order valence-corrected chi connectivity index (χ4v) is 4.56. The molecule has 1 saturated heterocycles. The first kappa shape index (κ1) is 21.4. The topological polar surface area (TPSA) is 72.6 Å². The lowest BCUT2D eigenvalue weighted by Crippen LogP contribution is -2.40. The van der Waals surface area contributed by atoms with Gasteiger partial charge < -0.3 is 14.1 Å². The number of hydrogen-bond acceptors (Lipinski definition) is 6. The Morgan fingerprint density at radius 2 is 2.00 bits per heavy atom. The van der Waals surface area contributed by atoms with Crippen LogP contribution in [0, 0.1) is 12.8 Å². The smallest absolute Gasteiger partial charge is 0.309 e. The van der Waals surface area contributed by atoms with Crippen LogP contribution in [-0.2, 0) is 15.3 Å². The monoisotopic (exact) mass is 438 g/mol. The minimum atomic E-state index is -0.150. The van der Waals surface area contributed by atoms with Gasteiger partial charge in [0.15, 0.2) is 5.58 Å². The van der Waals surface area contributed by atoms with E-state index in [4.69, 9.17) is 9.15 Å². The number of likely N-dealkylation sites (tertiary alicyclic amines) is 1. The average molecular weight is 439 g/mol. The van der Waals surface area contributed by atoms with E-state index in [-0.39, 0.29) is 17.8 Å². The van der Waals surface area contributed by atoms with Crippen LogP contribution in [0.2, 0.25) is 0 Å². The fourth-order valence-electron chi connectivity index (χ4n) is 3.78. The van der Waals surface area contributed by atoms with E-state index >= 15 is 0 Å². The van der Waals surface area contributed by atoms with Crippen LogP contribution in [0.4, 0.5) is 0 Å². The maximum atomic E-state index is 12.9. The molecule has 0 spiro atoms. The number of thioether (sulfide) groups is 1. The highest BCUT2D eigenvalue weighted by atomic mass is 32.2. The summed E-state index contributed by atoms with van der Waals surface area (Å²) in [7, 11) is 0. The summed E-state index contributed by atoms with van der Waals surface area (Å²) in [5, 5.41) is 0.623. The Kier molecular flexibility index (Phi) is 6.61. The number of amides is 1. The van der Waals surface area contributed by atoms with E-state index in [2.05, 4.69) is 4.98 Å². The zero-order chi connectivity index (χ0) is 21.8. The summed E-state index contributed by atoms with van der Waals surface area (Å²) in [6.45, 7) is 5.38. The molecule has 1 fully saturated rings. The molecular weight excluding hydrogens is 412 g/mol. The molecule has 0 bridgehead atoms. The number of carbonyl (C=O) groups is 2. The van der Waals surface area contributed by atoms with Crippen LogP contribution in [0.3, 0.4) is 0 Å². The highest BCUT2D eigenvalue weighted by molar-refractivity contribution is 7.98. The van der Waals surface area contributed by atoms with Crippen molar-refractivity contribution < 1.29 is 18.7 Å². The number of aryl methyl sites for hydroxylation is 1. The van der Waals surface area contributed by atoms with Crippen molar-refractivity contribution in [1.82, 2.24) is 9.88 Å². The molecule has 0 N–H and O–H groups in total. The number of fused-ring (bicyclic) bond motifs is 1. The van der Waals surface area contributed by atoms with Gasteiger partial charge in [-0.05, 0) is 62.1 Å².